The van der Waals surface area contributed by atoms with Gasteiger partial charge in [0.15, 0.2) is 0 Å². The number of rotatable bonds is 9. The van der Waals surface area contributed by atoms with Crippen LogP contribution < -0.4 is 10.6 Å². The first-order chi connectivity index (χ1) is 15.4. The SMILES string of the molecule is CNC(=O)C(Cc1ccc(I)cc1)N(C)C(=O)C(Cc1ccc2ccccc2c1)NC=O. The van der Waals surface area contributed by atoms with Crippen LogP contribution >= 0.6 is 22.6 Å². The Morgan fingerprint density at radius 3 is 2.28 bits per heavy atom. The second-order valence-electron chi connectivity index (χ2n) is 7.63. The molecule has 0 aromatic heterocycles. The van der Waals surface area contributed by atoms with Crippen molar-refractivity contribution < 1.29 is 14.4 Å². The fraction of sp³-hybridized carbons (Fsp3) is 0.240. The molecule has 0 saturated heterocycles. The minimum absolute atomic E-state index is 0.255. The fourth-order valence-corrected chi connectivity index (χ4v) is 4.08. The third-order valence-corrected chi connectivity index (χ3v) is 6.25. The molecule has 7 heteroatoms. The van der Waals surface area contributed by atoms with Crippen molar-refractivity contribution in [3.8, 4) is 0 Å². The van der Waals surface area contributed by atoms with Gasteiger partial charge in [-0.2, -0.15) is 0 Å². The summed E-state index contributed by atoms with van der Waals surface area (Å²) < 4.78 is 1.10. The quantitative estimate of drug-likeness (QED) is 0.322. The molecule has 0 aliphatic heterocycles. The Morgan fingerprint density at radius 2 is 1.62 bits per heavy atom. The molecule has 2 N–H and O–H groups in total. The van der Waals surface area contributed by atoms with Crippen molar-refractivity contribution in [3.63, 3.8) is 0 Å². The molecule has 0 aliphatic carbocycles. The normalized spacial score (nSPS) is 12.6. The zero-order chi connectivity index (χ0) is 23.1. The molecule has 32 heavy (non-hydrogen) atoms. The highest BCUT2D eigenvalue weighted by Gasteiger charge is 2.31. The molecular formula is C25H26IN3O3. The maximum Gasteiger partial charge on any atom is 0.245 e. The van der Waals surface area contributed by atoms with Crippen LogP contribution in [0.5, 0.6) is 0 Å². The number of fused-ring (bicyclic) bond motifs is 1. The predicted molar refractivity (Wildman–Crippen MR) is 134 cm³/mol. The van der Waals surface area contributed by atoms with Gasteiger partial charge in [-0.1, -0.05) is 54.6 Å². The number of carbonyl (C=O) groups excluding carboxylic acids is 3. The molecule has 2 unspecified atom stereocenters. The van der Waals surface area contributed by atoms with Crippen LogP contribution in [-0.2, 0) is 27.2 Å². The Morgan fingerprint density at radius 1 is 0.969 bits per heavy atom. The zero-order valence-electron chi connectivity index (χ0n) is 18.0. The number of amides is 3. The maximum atomic E-state index is 13.3. The van der Waals surface area contributed by atoms with Crippen molar-refractivity contribution in [3.05, 3.63) is 81.4 Å². The van der Waals surface area contributed by atoms with E-state index in [1.807, 2.05) is 66.7 Å². The highest BCUT2D eigenvalue weighted by molar-refractivity contribution is 14.1. The molecule has 3 aromatic rings. The van der Waals surface area contributed by atoms with Gasteiger partial charge in [0.2, 0.25) is 18.2 Å². The van der Waals surface area contributed by atoms with E-state index in [4.69, 9.17) is 0 Å². The van der Waals surface area contributed by atoms with E-state index in [0.29, 0.717) is 19.3 Å². The number of likely N-dealkylation sites (N-methyl/N-ethyl adjacent to an activating group) is 2. The average Bonchev–Trinajstić information content (AvgIpc) is 2.82. The van der Waals surface area contributed by atoms with Crippen LogP contribution in [0.4, 0.5) is 0 Å². The van der Waals surface area contributed by atoms with E-state index in [9.17, 15) is 14.4 Å². The van der Waals surface area contributed by atoms with Crippen LogP contribution in [0.3, 0.4) is 0 Å². The van der Waals surface area contributed by atoms with E-state index in [-0.39, 0.29) is 11.8 Å². The lowest BCUT2D eigenvalue weighted by Crippen LogP contribution is -2.54. The van der Waals surface area contributed by atoms with Gasteiger partial charge in [-0.05, 0) is 56.6 Å². The van der Waals surface area contributed by atoms with Crippen molar-refractivity contribution >= 4 is 51.6 Å². The van der Waals surface area contributed by atoms with E-state index < -0.39 is 12.1 Å². The van der Waals surface area contributed by atoms with Gasteiger partial charge in [0.25, 0.3) is 0 Å². The molecule has 6 nitrogen and oxygen atoms in total. The maximum absolute atomic E-state index is 13.3. The standard InChI is InChI=1S/C25H26IN3O3/c1-27-24(31)23(15-17-8-11-21(26)12-9-17)29(2)25(32)22(28-16-30)14-18-7-10-19-5-3-4-6-20(19)13-18/h3-13,16,22-23H,14-15H2,1-2H3,(H,27,31)(H,28,30). The number of hydrogen-bond donors (Lipinski definition) is 2. The summed E-state index contributed by atoms with van der Waals surface area (Å²) in [5.74, 6) is -0.570. The van der Waals surface area contributed by atoms with Crippen LogP contribution in [0.1, 0.15) is 11.1 Å². The first-order valence-corrected chi connectivity index (χ1v) is 11.4. The smallest absolute Gasteiger partial charge is 0.245 e. The number of carbonyl (C=O) groups is 3. The Bertz CT molecular complexity index is 1100. The molecule has 0 aliphatic rings. The van der Waals surface area contributed by atoms with Crippen LogP contribution in [0, 0.1) is 3.57 Å². The summed E-state index contributed by atoms with van der Waals surface area (Å²) in [6, 6.07) is 20.3. The molecule has 0 fully saturated rings. The van der Waals surface area contributed by atoms with Crippen molar-refractivity contribution in [1.82, 2.24) is 15.5 Å². The van der Waals surface area contributed by atoms with E-state index in [2.05, 4.69) is 33.2 Å². The van der Waals surface area contributed by atoms with Crippen LogP contribution in [0.2, 0.25) is 0 Å². The van der Waals surface area contributed by atoms with E-state index in [1.54, 1.807) is 14.1 Å². The van der Waals surface area contributed by atoms with Crippen molar-refractivity contribution in [2.75, 3.05) is 14.1 Å². The average molecular weight is 543 g/mol. The van der Waals surface area contributed by atoms with E-state index in [1.165, 1.54) is 4.90 Å². The minimum Gasteiger partial charge on any atom is -0.357 e. The van der Waals surface area contributed by atoms with Crippen LogP contribution in [0.15, 0.2) is 66.7 Å². The van der Waals surface area contributed by atoms with Crippen molar-refractivity contribution in [2.24, 2.45) is 0 Å². The zero-order valence-corrected chi connectivity index (χ0v) is 20.2. The Balaban J connectivity index is 1.81. The molecule has 0 bridgehead atoms. The number of nitrogens with zero attached hydrogens (tertiary/aromatic N) is 1. The molecule has 0 radical (unpaired) electrons. The van der Waals surface area contributed by atoms with Gasteiger partial charge < -0.3 is 15.5 Å². The van der Waals surface area contributed by atoms with Gasteiger partial charge in [0, 0.05) is 30.5 Å². The summed E-state index contributed by atoms with van der Waals surface area (Å²) in [7, 11) is 3.16. The Kier molecular flexibility index (Phi) is 8.21. The molecule has 3 aromatic carbocycles. The molecule has 166 valence electrons. The Hall–Kier alpha value is -2.94. The van der Waals surface area contributed by atoms with Crippen molar-refractivity contribution in [1.29, 1.82) is 0 Å². The van der Waals surface area contributed by atoms with E-state index >= 15 is 0 Å². The van der Waals surface area contributed by atoms with Gasteiger partial charge in [0.1, 0.15) is 12.1 Å². The first-order valence-electron chi connectivity index (χ1n) is 10.3. The lowest BCUT2D eigenvalue weighted by atomic mass is 9.99. The predicted octanol–water partition coefficient (Wildman–Crippen LogP) is 2.92. The third kappa shape index (κ3) is 5.85. The monoisotopic (exact) mass is 543 g/mol. The third-order valence-electron chi connectivity index (χ3n) is 5.53. The molecule has 3 amide bonds. The highest BCUT2D eigenvalue weighted by Crippen LogP contribution is 2.18. The van der Waals surface area contributed by atoms with Gasteiger partial charge in [-0.15, -0.1) is 0 Å². The van der Waals surface area contributed by atoms with Gasteiger partial charge in [-0.3, -0.25) is 14.4 Å². The molecule has 0 spiro atoms. The largest absolute Gasteiger partial charge is 0.357 e. The summed E-state index contributed by atoms with van der Waals surface area (Å²) >= 11 is 2.22. The molecule has 3 rings (SSSR count). The lowest BCUT2D eigenvalue weighted by Gasteiger charge is -2.30. The summed E-state index contributed by atoms with van der Waals surface area (Å²) in [6.45, 7) is 0. The Labute approximate surface area is 201 Å². The second-order valence-corrected chi connectivity index (χ2v) is 8.88. The van der Waals surface area contributed by atoms with Gasteiger partial charge in [0.05, 0.1) is 0 Å². The minimum atomic E-state index is -0.775. The summed E-state index contributed by atoms with van der Waals surface area (Å²) in [6.07, 6.45) is 1.24. The number of halogens is 1. The van der Waals surface area contributed by atoms with E-state index in [0.717, 1.165) is 25.5 Å². The fourth-order valence-electron chi connectivity index (χ4n) is 3.72. The summed E-state index contributed by atoms with van der Waals surface area (Å²) in [4.78, 5) is 38.6. The second kappa shape index (κ2) is 11.1. The summed E-state index contributed by atoms with van der Waals surface area (Å²) in [5, 5.41) is 7.46. The topological polar surface area (TPSA) is 78.5 Å². The molecule has 0 heterocycles. The van der Waals surface area contributed by atoms with Crippen LogP contribution in [-0.4, -0.2) is 49.3 Å². The molecule has 2 atom stereocenters. The van der Waals surface area contributed by atoms with Crippen LogP contribution in [0.25, 0.3) is 10.8 Å². The number of nitrogens with one attached hydrogen (secondary N) is 2. The van der Waals surface area contributed by atoms with Crippen molar-refractivity contribution in [2.45, 2.75) is 24.9 Å². The molecule has 0 saturated carbocycles. The summed E-state index contributed by atoms with van der Waals surface area (Å²) in [5.41, 5.74) is 1.88. The number of benzene rings is 3. The van der Waals surface area contributed by atoms with Gasteiger partial charge in [-0.25, -0.2) is 0 Å². The number of hydrogen-bond acceptors (Lipinski definition) is 3. The first kappa shape index (κ1) is 23.7. The lowest BCUT2D eigenvalue weighted by molar-refractivity contribution is -0.140. The highest BCUT2D eigenvalue weighted by atomic mass is 127. The molecular weight excluding hydrogens is 517 g/mol. The van der Waals surface area contributed by atoms with Gasteiger partial charge >= 0.3 is 0 Å².